The van der Waals surface area contributed by atoms with Gasteiger partial charge in [0.15, 0.2) is 0 Å². The lowest BCUT2D eigenvalue weighted by Gasteiger charge is -2.03. The van der Waals surface area contributed by atoms with Crippen molar-refractivity contribution in [2.24, 2.45) is 0 Å². The SMILES string of the molecule is C=CC(=O)OC.CC=CC(=O)O.O=C(CS)OCCOC(=O)CS. The molecule has 0 rings (SSSR count). The maximum absolute atomic E-state index is 10.5. The summed E-state index contributed by atoms with van der Waals surface area (Å²) in [4.78, 5) is 40.3. The van der Waals surface area contributed by atoms with Gasteiger partial charge in [0.05, 0.1) is 18.6 Å². The molecule has 0 atom stereocenters. The number of carboxylic acids is 1. The van der Waals surface area contributed by atoms with Crippen LogP contribution in [0, 0.1) is 0 Å². The van der Waals surface area contributed by atoms with Crippen LogP contribution in [0.5, 0.6) is 0 Å². The Morgan fingerprint density at radius 3 is 1.58 bits per heavy atom. The summed E-state index contributed by atoms with van der Waals surface area (Å²) in [5.41, 5.74) is 0. The topological polar surface area (TPSA) is 116 Å². The number of hydrogen-bond donors (Lipinski definition) is 3. The van der Waals surface area contributed by atoms with Crippen molar-refractivity contribution in [2.75, 3.05) is 31.8 Å². The van der Waals surface area contributed by atoms with Crippen molar-refractivity contribution in [3.8, 4) is 0 Å². The van der Waals surface area contributed by atoms with Crippen LogP contribution in [0.4, 0.5) is 0 Å². The fourth-order valence-electron chi connectivity index (χ4n) is 0.628. The molecule has 0 aromatic carbocycles. The number of methoxy groups -OCH3 is 1. The number of aliphatic carboxylic acids is 1. The fourth-order valence-corrected chi connectivity index (χ4v) is 0.811. The molecule has 0 aliphatic carbocycles. The Hall–Kier alpha value is -1.94. The molecular weight excluding hydrogens is 360 g/mol. The minimum atomic E-state index is -0.891. The molecule has 24 heavy (non-hydrogen) atoms. The Balaban J connectivity index is -0.000000309. The van der Waals surface area contributed by atoms with Gasteiger partial charge in [-0.3, -0.25) is 9.59 Å². The lowest BCUT2D eigenvalue weighted by Crippen LogP contribution is -2.14. The van der Waals surface area contributed by atoms with Crippen molar-refractivity contribution in [3.63, 3.8) is 0 Å². The van der Waals surface area contributed by atoms with Gasteiger partial charge in [0, 0.05) is 12.2 Å². The van der Waals surface area contributed by atoms with Gasteiger partial charge in [-0.2, -0.15) is 25.3 Å². The van der Waals surface area contributed by atoms with Crippen LogP contribution in [-0.4, -0.2) is 60.8 Å². The molecule has 1 N–H and O–H groups in total. The second-order valence-corrected chi connectivity index (χ2v) is 3.96. The molecule has 0 spiro atoms. The summed E-state index contributed by atoms with van der Waals surface area (Å²) in [5, 5.41) is 7.83. The van der Waals surface area contributed by atoms with Crippen molar-refractivity contribution >= 4 is 49.1 Å². The van der Waals surface area contributed by atoms with Crippen molar-refractivity contribution in [3.05, 3.63) is 24.8 Å². The molecule has 8 nitrogen and oxygen atoms in total. The Morgan fingerprint density at radius 1 is 1.04 bits per heavy atom. The number of thiol groups is 2. The van der Waals surface area contributed by atoms with Crippen molar-refractivity contribution < 1.29 is 38.5 Å². The number of carbonyl (C=O) groups is 4. The van der Waals surface area contributed by atoms with E-state index in [1.54, 1.807) is 6.92 Å². The smallest absolute Gasteiger partial charge is 0.329 e. The molecule has 0 aliphatic heterocycles. The molecule has 0 radical (unpaired) electrons. The minimum absolute atomic E-state index is 0.0283. The number of hydrogen-bond acceptors (Lipinski definition) is 9. The third-order valence-electron chi connectivity index (χ3n) is 1.54. The third-order valence-corrected chi connectivity index (χ3v) is 2.06. The zero-order valence-corrected chi connectivity index (χ0v) is 15.3. The second kappa shape index (κ2) is 21.1. The first-order valence-electron chi connectivity index (χ1n) is 6.37. The van der Waals surface area contributed by atoms with Crippen LogP contribution in [0.15, 0.2) is 24.8 Å². The molecule has 0 saturated heterocycles. The highest BCUT2D eigenvalue weighted by molar-refractivity contribution is 7.81. The van der Waals surface area contributed by atoms with Gasteiger partial charge in [0.25, 0.3) is 0 Å². The Morgan fingerprint density at radius 2 is 1.46 bits per heavy atom. The van der Waals surface area contributed by atoms with Gasteiger partial charge in [-0.15, -0.1) is 0 Å². The molecule has 10 heteroatoms. The van der Waals surface area contributed by atoms with E-state index >= 15 is 0 Å². The predicted octanol–water partition coefficient (Wildman–Crippen LogP) is 0.925. The van der Waals surface area contributed by atoms with Gasteiger partial charge >= 0.3 is 23.9 Å². The molecule has 0 aliphatic rings. The summed E-state index contributed by atoms with van der Waals surface area (Å²) >= 11 is 7.36. The molecule has 138 valence electrons. The Kier molecular flexibility index (Phi) is 23.6. The first-order chi connectivity index (χ1) is 11.3. The lowest BCUT2D eigenvalue weighted by molar-refractivity contribution is -0.148. The van der Waals surface area contributed by atoms with E-state index in [9.17, 15) is 19.2 Å². The van der Waals surface area contributed by atoms with Crippen LogP contribution < -0.4 is 0 Å². The van der Waals surface area contributed by atoms with E-state index in [-0.39, 0.29) is 24.7 Å². The molecule has 0 aromatic heterocycles. The van der Waals surface area contributed by atoms with E-state index in [0.717, 1.165) is 12.2 Å². The normalized spacial score (nSPS) is 8.67. The minimum Gasteiger partial charge on any atom is -0.478 e. The predicted molar refractivity (Wildman–Crippen MR) is 94.3 cm³/mol. The lowest BCUT2D eigenvalue weighted by atomic mass is 10.5. The number of allylic oxidation sites excluding steroid dienone is 1. The van der Waals surface area contributed by atoms with Crippen LogP contribution in [-0.2, 0) is 33.4 Å². The maximum atomic E-state index is 10.5. The summed E-state index contributed by atoms with van der Waals surface area (Å²) in [6.07, 6.45) is 3.67. The molecular formula is C14H22O8S2. The van der Waals surface area contributed by atoms with Crippen molar-refractivity contribution in [1.29, 1.82) is 0 Å². The largest absolute Gasteiger partial charge is 0.478 e. The molecule has 0 aromatic rings. The summed E-state index contributed by atoms with van der Waals surface area (Å²) in [6, 6.07) is 0. The fraction of sp³-hybridized carbons (Fsp3) is 0.429. The highest BCUT2D eigenvalue weighted by Gasteiger charge is 2.00. The van der Waals surface area contributed by atoms with Crippen LogP contribution >= 0.6 is 25.3 Å². The number of carbonyl (C=O) groups excluding carboxylic acids is 3. The first-order valence-corrected chi connectivity index (χ1v) is 7.64. The van der Waals surface area contributed by atoms with E-state index < -0.39 is 23.9 Å². The van der Waals surface area contributed by atoms with Gasteiger partial charge < -0.3 is 19.3 Å². The molecule has 0 saturated carbocycles. The van der Waals surface area contributed by atoms with Gasteiger partial charge in [0.2, 0.25) is 0 Å². The first kappa shape index (κ1) is 26.9. The number of rotatable bonds is 7. The van der Waals surface area contributed by atoms with E-state index in [1.165, 1.54) is 13.2 Å². The molecule has 0 amide bonds. The summed E-state index contributed by atoms with van der Waals surface area (Å²) in [7, 11) is 1.31. The van der Waals surface area contributed by atoms with Crippen LogP contribution in [0.1, 0.15) is 6.92 Å². The van der Waals surface area contributed by atoms with Gasteiger partial charge in [0.1, 0.15) is 13.2 Å². The Labute approximate surface area is 151 Å². The second-order valence-electron chi connectivity index (χ2n) is 3.32. The van der Waals surface area contributed by atoms with E-state index in [2.05, 4.69) is 46.0 Å². The zero-order valence-electron chi connectivity index (χ0n) is 13.5. The third kappa shape index (κ3) is 28.3. The number of carboxylic acid groups (broad SMARTS) is 1. The van der Waals surface area contributed by atoms with E-state index in [4.69, 9.17) is 5.11 Å². The Bertz CT molecular complexity index is 403. The molecule has 0 heterocycles. The monoisotopic (exact) mass is 382 g/mol. The maximum Gasteiger partial charge on any atom is 0.329 e. The quantitative estimate of drug-likeness (QED) is 0.196. The van der Waals surface area contributed by atoms with Gasteiger partial charge in [-0.05, 0) is 6.92 Å². The van der Waals surface area contributed by atoms with Crippen molar-refractivity contribution in [1.82, 2.24) is 0 Å². The van der Waals surface area contributed by atoms with E-state index in [1.807, 2.05) is 0 Å². The van der Waals surface area contributed by atoms with Crippen LogP contribution in [0.3, 0.4) is 0 Å². The number of ether oxygens (including phenoxy) is 3. The highest BCUT2D eigenvalue weighted by Crippen LogP contribution is 1.85. The standard InChI is InChI=1S/C6H10O4S2.2C4H6O2/c7-5(3-11)9-1-2-10-6(8)4-12;1-3-4(5)6-2;1-2-3-4(5)6/h11-12H,1-4H2;3H,1H2,2H3;2-3H,1H3,(H,5,6). The molecule has 0 unspecified atom stereocenters. The average Bonchev–Trinajstić information content (AvgIpc) is 2.58. The molecule has 0 bridgehead atoms. The molecule has 0 fully saturated rings. The highest BCUT2D eigenvalue weighted by atomic mass is 32.1. The van der Waals surface area contributed by atoms with E-state index in [0.29, 0.717) is 0 Å². The van der Waals surface area contributed by atoms with Crippen LogP contribution in [0.2, 0.25) is 0 Å². The summed E-state index contributed by atoms with van der Waals surface area (Å²) < 4.78 is 13.3. The average molecular weight is 382 g/mol. The summed E-state index contributed by atoms with van der Waals surface area (Å²) in [5.74, 6) is -2.09. The van der Waals surface area contributed by atoms with Crippen LogP contribution in [0.25, 0.3) is 0 Å². The zero-order chi connectivity index (χ0) is 19.4. The van der Waals surface area contributed by atoms with Gasteiger partial charge in [-0.1, -0.05) is 12.7 Å². The van der Waals surface area contributed by atoms with Gasteiger partial charge in [-0.25, -0.2) is 9.59 Å². The summed E-state index contributed by atoms with van der Waals surface area (Å²) in [6.45, 7) is 4.95. The van der Waals surface area contributed by atoms with Crippen molar-refractivity contribution in [2.45, 2.75) is 6.92 Å². The number of esters is 3.